The Balaban J connectivity index is 1.78. The van der Waals surface area contributed by atoms with Crippen LogP contribution in [0.1, 0.15) is 31.4 Å². The fourth-order valence-corrected chi connectivity index (χ4v) is 2.90. The number of aliphatic hydroxyl groups excluding tert-OH is 1. The van der Waals surface area contributed by atoms with Crippen LogP contribution in [0.15, 0.2) is 24.3 Å². The van der Waals surface area contributed by atoms with E-state index in [1.165, 1.54) is 0 Å². The van der Waals surface area contributed by atoms with E-state index in [1.807, 2.05) is 36.1 Å². The molecule has 0 spiro atoms. The summed E-state index contributed by atoms with van der Waals surface area (Å²) in [6.07, 6.45) is 0.930. The third-order valence-corrected chi connectivity index (χ3v) is 4.27. The molecule has 3 atom stereocenters. The maximum absolute atomic E-state index is 11.3. The van der Waals surface area contributed by atoms with Crippen LogP contribution in [-0.2, 0) is 9.53 Å². The van der Waals surface area contributed by atoms with Gasteiger partial charge in [0, 0.05) is 11.6 Å². The number of primary amides is 1. The van der Waals surface area contributed by atoms with Crippen molar-refractivity contribution >= 4 is 17.5 Å². The van der Waals surface area contributed by atoms with Crippen LogP contribution in [0.5, 0.6) is 0 Å². The molecule has 3 N–H and O–H groups in total. The molecular formula is C16H23ClN2O3. The van der Waals surface area contributed by atoms with Crippen molar-refractivity contribution < 1.29 is 14.6 Å². The molecule has 1 saturated heterocycles. The number of nitrogens with zero attached hydrogens (tertiary/aromatic N) is 1. The number of nitrogens with two attached hydrogens (primary N) is 1. The molecule has 1 fully saturated rings. The smallest absolute Gasteiger partial charge is 0.234 e. The van der Waals surface area contributed by atoms with Gasteiger partial charge in [-0.25, -0.2) is 0 Å². The number of carbonyl (C=O) groups excluding carboxylic acids is 1. The summed E-state index contributed by atoms with van der Waals surface area (Å²) in [5, 5.41) is 10.8. The van der Waals surface area contributed by atoms with Gasteiger partial charge in [0.2, 0.25) is 5.91 Å². The Kier molecular flexibility index (Phi) is 6.20. The summed E-state index contributed by atoms with van der Waals surface area (Å²) in [5.74, 6) is -0.319. The average Bonchev–Trinajstić information content (AvgIpc) is 2.94. The fraction of sp³-hybridized carbons (Fsp3) is 0.562. The molecule has 0 aromatic heterocycles. The molecule has 122 valence electrons. The number of benzene rings is 1. The summed E-state index contributed by atoms with van der Waals surface area (Å²) in [4.78, 5) is 13.3. The standard InChI is InChI=1S/C16H23ClN2O3/c1-11(12-4-6-13(17)7-5-12)22-10-14(20)9-19-8-2-3-15(19)16(18)21/h4-7,11,14-15,20H,2-3,8-10H2,1H3,(H2,18,21). The van der Waals surface area contributed by atoms with E-state index in [9.17, 15) is 9.90 Å². The summed E-state index contributed by atoms with van der Waals surface area (Å²) < 4.78 is 5.70. The lowest BCUT2D eigenvalue weighted by Gasteiger charge is -2.25. The number of amides is 1. The summed E-state index contributed by atoms with van der Waals surface area (Å²) >= 11 is 5.85. The molecule has 1 aromatic rings. The lowest BCUT2D eigenvalue weighted by atomic mass is 10.1. The predicted molar refractivity (Wildman–Crippen MR) is 85.6 cm³/mol. The number of hydrogen-bond acceptors (Lipinski definition) is 4. The molecule has 22 heavy (non-hydrogen) atoms. The molecule has 5 nitrogen and oxygen atoms in total. The van der Waals surface area contributed by atoms with Crippen LogP contribution < -0.4 is 5.73 Å². The number of rotatable bonds is 7. The minimum atomic E-state index is -0.644. The molecule has 1 aromatic carbocycles. The van der Waals surface area contributed by atoms with Crippen molar-refractivity contribution in [1.82, 2.24) is 4.90 Å². The quantitative estimate of drug-likeness (QED) is 0.800. The molecule has 3 unspecified atom stereocenters. The molecule has 1 amide bonds. The highest BCUT2D eigenvalue weighted by atomic mass is 35.5. The molecule has 1 heterocycles. The van der Waals surface area contributed by atoms with E-state index < -0.39 is 6.10 Å². The molecule has 0 saturated carbocycles. The lowest BCUT2D eigenvalue weighted by Crippen LogP contribution is -2.44. The molecular weight excluding hydrogens is 304 g/mol. The van der Waals surface area contributed by atoms with Crippen LogP contribution in [0.4, 0.5) is 0 Å². The number of β-amino-alcohol motifs (C(OH)–C–C–N with tert-alkyl or cyclic N) is 1. The first-order valence-electron chi connectivity index (χ1n) is 7.56. The molecule has 1 aliphatic rings. The molecule has 0 bridgehead atoms. The summed E-state index contributed by atoms with van der Waals surface area (Å²) in [6, 6.07) is 7.18. The van der Waals surface area contributed by atoms with Gasteiger partial charge in [-0.15, -0.1) is 0 Å². The van der Waals surface area contributed by atoms with Gasteiger partial charge in [-0.2, -0.15) is 0 Å². The topological polar surface area (TPSA) is 75.8 Å². The van der Waals surface area contributed by atoms with Crippen molar-refractivity contribution in [2.24, 2.45) is 5.73 Å². The first-order valence-corrected chi connectivity index (χ1v) is 7.93. The van der Waals surface area contributed by atoms with E-state index in [0.717, 1.165) is 24.9 Å². The second-order valence-electron chi connectivity index (χ2n) is 5.74. The predicted octanol–water partition coefficient (Wildman–Crippen LogP) is 1.73. The third kappa shape index (κ3) is 4.68. The fourth-order valence-electron chi connectivity index (χ4n) is 2.78. The van der Waals surface area contributed by atoms with Crippen LogP contribution in [0.3, 0.4) is 0 Å². The van der Waals surface area contributed by atoms with Crippen molar-refractivity contribution in [3.8, 4) is 0 Å². The first-order chi connectivity index (χ1) is 10.5. The van der Waals surface area contributed by atoms with Gasteiger partial charge in [0.1, 0.15) is 0 Å². The number of ether oxygens (including phenoxy) is 1. The summed E-state index contributed by atoms with van der Waals surface area (Å²) in [7, 11) is 0. The van der Waals surface area contributed by atoms with E-state index in [1.54, 1.807) is 0 Å². The van der Waals surface area contributed by atoms with Crippen LogP contribution in [0, 0.1) is 0 Å². The minimum Gasteiger partial charge on any atom is -0.389 e. The zero-order chi connectivity index (χ0) is 16.1. The van der Waals surface area contributed by atoms with Crippen molar-refractivity contribution in [3.05, 3.63) is 34.9 Å². The summed E-state index contributed by atoms with van der Waals surface area (Å²) in [6.45, 7) is 3.34. The zero-order valence-electron chi connectivity index (χ0n) is 12.7. The largest absolute Gasteiger partial charge is 0.389 e. The van der Waals surface area contributed by atoms with Gasteiger partial charge in [-0.1, -0.05) is 23.7 Å². The van der Waals surface area contributed by atoms with Crippen molar-refractivity contribution in [3.63, 3.8) is 0 Å². The number of halogens is 1. The number of likely N-dealkylation sites (tertiary alicyclic amines) is 1. The summed E-state index contributed by atoms with van der Waals surface area (Å²) in [5.41, 5.74) is 6.38. The first kappa shape index (κ1) is 17.2. The highest BCUT2D eigenvalue weighted by Gasteiger charge is 2.30. The zero-order valence-corrected chi connectivity index (χ0v) is 13.5. The number of carbonyl (C=O) groups is 1. The Morgan fingerprint density at radius 2 is 2.18 bits per heavy atom. The molecule has 6 heteroatoms. The monoisotopic (exact) mass is 326 g/mol. The van der Waals surface area contributed by atoms with E-state index in [4.69, 9.17) is 22.1 Å². The highest BCUT2D eigenvalue weighted by Crippen LogP contribution is 2.20. The Morgan fingerprint density at radius 1 is 1.50 bits per heavy atom. The Bertz CT molecular complexity index is 495. The SMILES string of the molecule is CC(OCC(O)CN1CCCC1C(N)=O)c1ccc(Cl)cc1. The number of aliphatic hydroxyl groups is 1. The van der Waals surface area contributed by atoms with E-state index >= 15 is 0 Å². The van der Waals surface area contributed by atoms with Crippen LogP contribution in [0.25, 0.3) is 0 Å². The van der Waals surface area contributed by atoms with Gasteiger partial charge in [-0.3, -0.25) is 9.69 Å². The minimum absolute atomic E-state index is 0.127. The van der Waals surface area contributed by atoms with Crippen molar-refractivity contribution in [2.45, 2.75) is 38.0 Å². The highest BCUT2D eigenvalue weighted by molar-refractivity contribution is 6.30. The van der Waals surface area contributed by atoms with Gasteiger partial charge in [-0.05, 0) is 44.0 Å². The van der Waals surface area contributed by atoms with Crippen LogP contribution in [-0.4, -0.2) is 47.8 Å². The van der Waals surface area contributed by atoms with Crippen molar-refractivity contribution in [2.75, 3.05) is 19.7 Å². The Hall–Kier alpha value is -1.14. The average molecular weight is 327 g/mol. The molecule has 2 rings (SSSR count). The van der Waals surface area contributed by atoms with E-state index in [2.05, 4.69) is 0 Å². The third-order valence-electron chi connectivity index (χ3n) is 4.02. The van der Waals surface area contributed by atoms with Crippen molar-refractivity contribution in [1.29, 1.82) is 0 Å². The Labute approximate surface area is 136 Å². The van der Waals surface area contributed by atoms with Crippen LogP contribution in [0.2, 0.25) is 5.02 Å². The normalized spacial score (nSPS) is 21.7. The second kappa shape index (κ2) is 7.92. The van der Waals surface area contributed by atoms with E-state index in [-0.39, 0.29) is 24.7 Å². The molecule has 1 aliphatic heterocycles. The molecule has 0 aliphatic carbocycles. The number of hydrogen-bond donors (Lipinski definition) is 2. The van der Waals surface area contributed by atoms with Crippen LogP contribution >= 0.6 is 11.6 Å². The van der Waals surface area contributed by atoms with Gasteiger partial charge in [0.25, 0.3) is 0 Å². The maximum atomic E-state index is 11.3. The Morgan fingerprint density at radius 3 is 2.82 bits per heavy atom. The molecule has 0 radical (unpaired) electrons. The maximum Gasteiger partial charge on any atom is 0.234 e. The van der Waals surface area contributed by atoms with Gasteiger partial charge in [0.15, 0.2) is 0 Å². The van der Waals surface area contributed by atoms with Gasteiger partial charge >= 0.3 is 0 Å². The van der Waals surface area contributed by atoms with Gasteiger partial charge < -0.3 is 15.6 Å². The second-order valence-corrected chi connectivity index (χ2v) is 6.17. The van der Waals surface area contributed by atoms with E-state index in [0.29, 0.717) is 11.6 Å². The van der Waals surface area contributed by atoms with Gasteiger partial charge in [0.05, 0.1) is 24.9 Å². The lowest BCUT2D eigenvalue weighted by molar-refractivity contribution is -0.122.